The van der Waals surface area contributed by atoms with Gasteiger partial charge in [0.05, 0.1) is 0 Å². The fraction of sp³-hybridized carbons (Fsp3) is 0.714. The summed E-state index contributed by atoms with van der Waals surface area (Å²) < 4.78 is 159. The number of allylic oxidation sites excluding steroid dienone is 1. The van der Waals surface area contributed by atoms with Crippen molar-refractivity contribution >= 4 is 11.6 Å². The van der Waals surface area contributed by atoms with E-state index in [9.17, 15) is 57.1 Å². The molecule has 0 aromatic carbocycles. The summed E-state index contributed by atoms with van der Waals surface area (Å²) in [6, 6.07) is 0. The SMILES string of the molecule is FC(F)=C(Cl)C(F)(F)C(F)(F)C(F)(C(F)(F)F)C(F)(F)F. The molecule has 0 fully saturated rings. The Hall–Kier alpha value is -0.880. The first-order chi connectivity index (χ1) is 8.85. The van der Waals surface area contributed by atoms with E-state index in [2.05, 4.69) is 11.6 Å². The molecule has 0 aromatic rings. The second-order valence-corrected chi connectivity index (χ2v) is 3.76. The predicted molar refractivity (Wildman–Crippen MR) is 40.9 cm³/mol. The normalized spacial score (nSPS) is 15.1. The molecule has 0 radical (unpaired) electrons. The minimum absolute atomic E-state index is 3.65. The molecule has 0 atom stereocenters. The van der Waals surface area contributed by atoms with Crippen LogP contribution < -0.4 is 0 Å². The molecule has 0 aliphatic heterocycles. The van der Waals surface area contributed by atoms with Crippen LogP contribution in [0.5, 0.6) is 0 Å². The summed E-state index contributed by atoms with van der Waals surface area (Å²) in [5.74, 6) is -14.7. The van der Waals surface area contributed by atoms with Crippen molar-refractivity contribution in [3.63, 3.8) is 0 Å². The van der Waals surface area contributed by atoms with Gasteiger partial charge in [-0.25, -0.2) is 4.39 Å². The van der Waals surface area contributed by atoms with E-state index in [-0.39, 0.29) is 0 Å². The standard InChI is InChI=1S/C7ClF13/c8-1(2(9)10)3(11,12)5(14,15)4(13,6(16,17)18)7(19,20)21. The Balaban J connectivity index is 6.50. The lowest BCUT2D eigenvalue weighted by Crippen LogP contribution is -2.70. The number of alkyl halides is 11. The van der Waals surface area contributed by atoms with E-state index in [0.717, 1.165) is 0 Å². The number of hydrogen-bond acceptors (Lipinski definition) is 0. The highest BCUT2D eigenvalue weighted by molar-refractivity contribution is 6.30. The molecule has 0 N–H and O–H groups in total. The van der Waals surface area contributed by atoms with Gasteiger partial charge in [0, 0.05) is 0 Å². The van der Waals surface area contributed by atoms with Gasteiger partial charge in [0.25, 0.3) is 6.08 Å². The quantitative estimate of drug-likeness (QED) is 0.584. The van der Waals surface area contributed by atoms with Crippen LogP contribution in [0.2, 0.25) is 0 Å². The first-order valence-corrected chi connectivity index (χ1v) is 4.52. The Morgan fingerprint density at radius 2 is 0.905 bits per heavy atom. The van der Waals surface area contributed by atoms with Crippen molar-refractivity contribution in [2.45, 2.75) is 29.9 Å². The van der Waals surface area contributed by atoms with Crippen LogP contribution in [-0.4, -0.2) is 29.9 Å². The zero-order valence-electron chi connectivity index (χ0n) is 8.79. The summed E-state index contributed by atoms with van der Waals surface area (Å²) in [7, 11) is 0. The molecular formula is C7ClF13. The molecule has 21 heavy (non-hydrogen) atoms. The monoisotopic (exact) mass is 366 g/mol. The molecule has 0 nitrogen and oxygen atoms in total. The minimum atomic E-state index is -7.81. The van der Waals surface area contributed by atoms with E-state index in [4.69, 9.17) is 0 Å². The van der Waals surface area contributed by atoms with E-state index in [1.54, 1.807) is 0 Å². The summed E-state index contributed by atoms with van der Waals surface area (Å²) in [6.45, 7) is 0. The van der Waals surface area contributed by atoms with Crippen molar-refractivity contribution in [2.75, 3.05) is 0 Å². The molecule has 14 heteroatoms. The molecule has 0 rings (SSSR count). The third-order valence-electron chi connectivity index (χ3n) is 2.05. The maximum absolute atomic E-state index is 12.9. The fourth-order valence-electron chi connectivity index (χ4n) is 0.990. The summed E-state index contributed by atoms with van der Waals surface area (Å²) >= 11 is 3.90. The van der Waals surface area contributed by atoms with Crippen LogP contribution in [0.3, 0.4) is 0 Å². The number of halogens is 14. The highest BCUT2D eigenvalue weighted by Gasteiger charge is 2.90. The predicted octanol–water partition coefficient (Wildman–Crippen LogP) is 5.44. The third-order valence-corrected chi connectivity index (χ3v) is 2.43. The molecule has 126 valence electrons. The lowest BCUT2D eigenvalue weighted by Gasteiger charge is -2.39. The maximum atomic E-state index is 12.9. The van der Waals surface area contributed by atoms with Crippen LogP contribution in [0.1, 0.15) is 0 Å². The first-order valence-electron chi connectivity index (χ1n) is 4.15. The van der Waals surface area contributed by atoms with Crippen LogP contribution in [-0.2, 0) is 0 Å². The van der Waals surface area contributed by atoms with E-state index >= 15 is 0 Å². The van der Waals surface area contributed by atoms with Gasteiger partial charge in [-0.1, -0.05) is 11.6 Å². The largest absolute Gasteiger partial charge is 0.438 e. The third kappa shape index (κ3) is 2.75. The zero-order valence-corrected chi connectivity index (χ0v) is 9.55. The molecule has 0 spiro atoms. The van der Waals surface area contributed by atoms with Gasteiger partial charge in [0.2, 0.25) is 0 Å². The smallest absolute Gasteiger partial charge is 0.216 e. The van der Waals surface area contributed by atoms with Crippen LogP contribution in [0.25, 0.3) is 0 Å². The van der Waals surface area contributed by atoms with Crippen molar-refractivity contribution in [2.24, 2.45) is 0 Å². The second kappa shape index (κ2) is 5.09. The maximum Gasteiger partial charge on any atom is 0.438 e. The average molecular weight is 367 g/mol. The summed E-state index contributed by atoms with van der Waals surface area (Å²) in [5.41, 5.74) is -7.81. The molecular weight excluding hydrogens is 367 g/mol. The Kier molecular flexibility index (Phi) is 4.88. The van der Waals surface area contributed by atoms with Crippen molar-refractivity contribution in [3.8, 4) is 0 Å². The van der Waals surface area contributed by atoms with Crippen molar-refractivity contribution in [1.82, 2.24) is 0 Å². The molecule has 0 aliphatic carbocycles. The topological polar surface area (TPSA) is 0 Å². The molecule has 0 amide bonds. The minimum Gasteiger partial charge on any atom is -0.216 e. The van der Waals surface area contributed by atoms with E-state index < -0.39 is 41.0 Å². The molecule has 0 aliphatic rings. The van der Waals surface area contributed by atoms with Gasteiger partial charge in [0.15, 0.2) is 5.03 Å². The first kappa shape index (κ1) is 20.1. The van der Waals surface area contributed by atoms with Gasteiger partial charge < -0.3 is 0 Å². The molecule has 0 bridgehead atoms. The van der Waals surface area contributed by atoms with Gasteiger partial charge in [0.1, 0.15) is 0 Å². The molecule has 0 saturated heterocycles. The van der Waals surface area contributed by atoms with Crippen LogP contribution in [0.15, 0.2) is 11.1 Å². The van der Waals surface area contributed by atoms with Gasteiger partial charge >= 0.3 is 29.9 Å². The number of rotatable bonds is 3. The van der Waals surface area contributed by atoms with E-state index in [1.807, 2.05) is 0 Å². The Labute approximate surface area is 111 Å². The Bertz CT molecular complexity index is 409. The van der Waals surface area contributed by atoms with Crippen LogP contribution >= 0.6 is 11.6 Å². The molecule has 0 saturated carbocycles. The Morgan fingerprint density at radius 3 is 1.10 bits per heavy atom. The van der Waals surface area contributed by atoms with Gasteiger partial charge in [-0.15, -0.1) is 0 Å². The highest BCUT2D eigenvalue weighted by atomic mass is 35.5. The van der Waals surface area contributed by atoms with E-state index in [1.165, 1.54) is 0 Å². The summed E-state index contributed by atoms with van der Waals surface area (Å²) in [4.78, 5) is 0. The van der Waals surface area contributed by atoms with Crippen molar-refractivity contribution in [1.29, 1.82) is 0 Å². The average Bonchev–Trinajstić information content (AvgIpc) is 2.22. The lowest BCUT2D eigenvalue weighted by atomic mass is 9.90. The van der Waals surface area contributed by atoms with Gasteiger partial charge in [-0.2, -0.15) is 52.7 Å². The summed E-state index contributed by atoms with van der Waals surface area (Å²) in [6.07, 6.45) is -19.1. The van der Waals surface area contributed by atoms with Crippen molar-refractivity contribution in [3.05, 3.63) is 11.1 Å². The highest BCUT2D eigenvalue weighted by Crippen LogP contribution is 2.61. The van der Waals surface area contributed by atoms with Gasteiger partial charge in [-0.05, 0) is 0 Å². The lowest BCUT2D eigenvalue weighted by molar-refractivity contribution is -0.421. The fourth-order valence-corrected chi connectivity index (χ4v) is 1.11. The second-order valence-electron chi connectivity index (χ2n) is 3.38. The Morgan fingerprint density at radius 1 is 0.619 bits per heavy atom. The van der Waals surface area contributed by atoms with Crippen LogP contribution in [0, 0.1) is 0 Å². The van der Waals surface area contributed by atoms with E-state index in [0.29, 0.717) is 0 Å². The summed E-state index contributed by atoms with van der Waals surface area (Å²) in [5, 5.41) is -3.65. The van der Waals surface area contributed by atoms with Crippen molar-refractivity contribution < 1.29 is 57.1 Å². The number of hydrogen-bond donors (Lipinski definition) is 0. The zero-order chi connectivity index (χ0) is 17.7. The van der Waals surface area contributed by atoms with Gasteiger partial charge in [-0.3, -0.25) is 0 Å². The molecule has 0 unspecified atom stereocenters. The van der Waals surface area contributed by atoms with Crippen LogP contribution in [0.4, 0.5) is 57.1 Å². The molecule has 0 heterocycles. The molecule has 0 aromatic heterocycles.